The van der Waals surface area contributed by atoms with Crippen LogP contribution in [-0.2, 0) is 6.61 Å². The molecule has 1 atom stereocenters. The van der Waals surface area contributed by atoms with Gasteiger partial charge in [-0.05, 0) is 36.4 Å². The standard InChI is InChI=1S/C24H20F2N2O5/c25-15-3-6-21(20(26)8-15)28-16-4-5-18-22(9-16)33-12-14-2-1-13(7-19(14)23(18)31)24(32)27-10-17(30)11-29/h1-9,17,28-30H,10-12H2,(H,27,32). The highest BCUT2D eigenvalue weighted by Crippen LogP contribution is 2.32. The molecule has 0 aliphatic carbocycles. The number of fused-ring (bicyclic) bond motifs is 2. The van der Waals surface area contributed by atoms with E-state index in [2.05, 4.69) is 10.6 Å². The average molecular weight is 454 g/mol. The van der Waals surface area contributed by atoms with E-state index in [-0.39, 0.29) is 41.5 Å². The predicted molar refractivity (Wildman–Crippen MR) is 116 cm³/mol. The second kappa shape index (κ2) is 9.35. The number of anilines is 2. The van der Waals surface area contributed by atoms with Gasteiger partial charge in [0.15, 0.2) is 5.78 Å². The number of amides is 1. The molecule has 0 aromatic heterocycles. The number of ketones is 1. The van der Waals surface area contributed by atoms with E-state index in [0.29, 0.717) is 16.8 Å². The van der Waals surface area contributed by atoms with Crippen molar-refractivity contribution in [2.75, 3.05) is 18.5 Å². The van der Waals surface area contributed by atoms with Gasteiger partial charge in [0.2, 0.25) is 0 Å². The van der Waals surface area contributed by atoms with Crippen molar-refractivity contribution in [3.05, 3.63) is 88.5 Å². The number of rotatable bonds is 6. The maximum atomic E-state index is 14.0. The van der Waals surface area contributed by atoms with E-state index < -0.39 is 30.3 Å². The zero-order chi connectivity index (χ0) is 23.5. The van der Waals surface area contributed by atoms with Gasteiger partial charge in [0.05, 0.1) is 24.0 Å². The number of carbonyl (C=O) groups excluding carboxylic acids is 2. The summed E-state index contributed by atoms with van der Waals surface area (Å²) in [6, 6.07) is 12.4. The van der Waals surface area contributed by atoms with Crippen LogP contribution < -0.4 is 15.4 Å². The quantitative estimate of drug-likeness (QED) is 0.456. The molecular weight excluding hydrogens is 434 g/mol. The molecule has 0 saturated carbocycles. The van der Waals surface area contributed by atoms with E-state index in [1.54, 1.807) is 18.2 Å². The number of hydrogen-bond donors (Lipinski definition) is 4. The molecule has 33 heavy (non-hydrogen) atoms. The molecule has 4 rings (SSSR count). The van der Waals surface area contributed by atoms with Gasteiger partial charge in [-0.25, -0.2) is 8.78 Å². The molecule has 170 valence electrons. The molecule has 3 aromatic carbocycles. The number of ether oxygens (including phenoxy) is 1. The van der Waals surface area contributed by atoms with Crippen molar-refractivity contribution in [3.63, 3.8) is 0 Å². The number of benzene rings is 3. The van der Waals surface area contributed by atoms with Crippen molar-refractivity contribution < 1.29 is 33.3 Å². The molecule has 3 aromatic rings. The van der Waals surface area contributed by atoms with Gasteiger partial charge >= 0.3 is 0 Å². The Kier molecular flexibility index (Phi) is 6.34. The molecule has 0 bridgehead atoms. The van der Waals surface area contributed by atoms with E-state index in [1.165, 1.54) is 24.3 Å². The van der Waals surface area contributed by atoms with Crippen molar-refractivity contribution in [2.24, 2.45) is 0 Å². The van der Waals surface area contributed by atoms with E-state index in [0.717, 1.165) is 12.1 Å². The Hall–Kier alpha value is -3.82. The second-order valence-electron chi connectivity index (χ2n) is 7.50. The summed E-state index contributed by atoms with van der Waals surface area (Å²) in [5.41, 5.74) is 1.90. The molecule has 9 heteroatoms. The minimum absolute atomic E-state index is 0.0709. The van der Waals surface area contributed by atoms with Gasteiger partial charge in [-0.2, -0.15) is 0 Å². The van der Waals surface area contributed by atoms with Gasteiger partial charge in [0.1, 0.15) is 24.0 Å². The lowest BCUT2D eigenvalue weighted by Crippen LogP contribution is -2.34. The number of aliphatic hydroxyl groups is 2. The van der Waals surface area contributed by atoms with Crippen LogP contribution in [0.5, 0.6) is 5.75 Å². The smallest absolute Gasteiger partial charge is 0.251 e. The van der Waals surface area contributed by atoms with Crippen molar-refractivity contribution in [1.82, 2.24) is 5.32 Å². The first-order valence-corrected chi connectivity index (χ1v) is 10.1. The fraction of sp³-hybridized carbons (Fsp3) is 0.167. The van der Waals surface area contributed by atoms with Crippen LogP contribution >= 0.6 is 0 Å². The summed E-state index contributed by atoms with van der Waals surface area (Å²) in [5.74, 6) is -2.01. The van der Waals surface area contributed by atoms with Crippen molar-refractivity contribution >= 4 is 23.1 Å². The van der Waals surface area contributed by atoms with Crippen LogP contribution in [0.15, 0.2) is 54.6 Å². The minimum Gasteiger partial charge on any atom is -0.488 e. The summed E-state index contributed by atoms with van der Waals surface area (Å²) in [5, 5.41) is 23.6. The number of halogens is 2. The van der Waals surface area contributed by atoms with Crippen LogP contribution in [0.2, 0.25) is 0 Å². The van der Waals surface area contributed by atoms with Crippen LogP contribution in [0, 0.1) is 11.6 Å². The maximum Gasteiger partial charge on any atom is 0.251 e. The second-order valence-corrected chi connectivity index (χ2v) is 7.50. The normalized spacial score (nSPS) is 13.3. The zero-order valence-corrected chi connectivity index (χ0v) is 17.3. The fourth-order valence-electron chi connectivity index (χ4n) is 3.39. The topological polar surface area (TPSA) is 108 Å². The minimum atomic E-state index is -1.08. The Morgan fingerprint density at radius 3 is 2.64 bits per heavy atom. The summed E-state index contributed by atoms with van der Waals surface area (Å²) in [6.07, 6.45) is -1.08. The first kappa shape index (κ1) is 22.4. The van der Waals surface area contributed by atoms with Crippen molar-refractivity contribution in [1.29, 1.82) is 0 Å². The molecule has 1 heterocycles. The molecule has 1 amide bonds. The van der Waals surface area contributed by atoms with Crippen LogP contribution in [0.4, 0.5) is 20.2 Å². The molecule has 0 radical (unpaired) electrons. The summed E-state index contributed by atoms with van der Waals surface area (Å²) in [7, 11) is 0. The molecule has 1 aliphatic heterocycles. The third kappa shape index (κ3) is 4.84. The highest BCUT2D eigenvalue weighted by molar-refractivity contribution is 6.13. The Morgan fingerprint density at radius 2 is 1.88 bits per heavy atom. The highest BCUT2D eigenvalue weighted by Gasteiger charge is 2.24. The summed E-state index contributed by atoms with van der Waals surface area (Å²) in [6.45, 7) is -0.536. The number of hydrogen-bond acceptors (Lipinski definition) is 6. The Morgan fingerprint density at radius 1 is 1.06 bits per heavy atom. The largest absolute Gasteiger partial charge is 0.488 e. The summed E-state index contributed by atoms with van der Waals surface area (Å²) < 4.78 is 32.9. The third-order valence-corrected chi connectivity index (χ3v) is 5.15. The van der Waals surface area contributed by atoms with Crippen molar-refractivity contribution in [3.8, 4) is 5.75 Å². The molecule has 1 unspecified atom stereocenters. The lowest BCUT2D eigenvalue weighted by Gasteiger charge is -2.11. The Balaban J connectivity index is 1.58. The lowest BCUT2D eigenvalue weighted by molar-refractivity contribution is 0.0802. The van der Waals surface area contributed by atoms with Gasteiger partial charge in [-0.1, -0.05) is 6.07 Å². The van der Waals surface area contributed by atoms with E-state index in [9.17, 15) is 23.5 Å². The van der Waals surface area contributed by atoms with Gasteiger partial charge in [-0.3, -0.25) is 9.59 Å². The molecule has 1 aliphatic rings. The fourth-order valence-corrected chi connectivity index (χ4v) is 3.39. The Bertz CT molecular complexity index is 1230. The van der Waals surface area contributed by atoms with Crippen LogP contribution in [0.25, 0.3) is 0 Å². The third-order valence-electron chi connectivity index (χ3n) is 5.15. The lowest BCUT2D eigenvalue weighted by atomic mass is 9.96. The molecule has 0 spiro atoms. The number of carbonyl (C=O) groups is 2. The van der Waals surface area contributed by atoms with E-state index in [4.69, 9.17) is 9.84 Å². The average Bonchev–Trinajstić information content (AvgIpc) is 2.95. The molecular formula is C24H20F2N2O5. The van der Waals surface area contributed by atoms with Gasteiger partial charge in [0.25, 0.3) is 5.91 Å². The van der Waals surface area contributed by atoms with Crippen LogP contribution in [-0.4, -0.2) is 41.2 Å². The predicted octanol–water partition coefficient (Wildman–Crippen LogP) is 2.91. The van der Waals surface area contributed by atoms with E-state index >= 15 is 0 Å². The molecule has 4 N–H and O–H groups in total. The molecule has 0 saturated heterocycles. The van der Waals surface area contributed by atoms with Gasteiger partial charge in [-0.15, -0.1) is 0 Å². The van der Waals surface area contributed by atoms with Gasteiger partial charge < -0.3 is 25.6 Å². The highest BCUT2D eigenvalue weighted by atomic mass is 19.1. The van der Waals surface area contributed by atoms with Gasteiger partial charge in [0, 0.05) is 41.1 Å². The summed E-state index contributed by atoms with van der Waals surface area (Å²) in [4.78, 5) is 25.5. The Labute approximate surface area is 187 Å². The first-order valence-electron chi connectivity index (χ1n) is 10.1. The zero-order valence-electron chi connectivity index (χ0n) is 17.3. The number of nitrogens with one attached hydrogen (secondary N) is 2. The molecule has 7 nitrogen and oxygen atoms in total. The van der Waals surface area contributed by atoms with E-state index in [1.807, 2.05) is 0 Å². The van der Waals surface area contributed by atoms with Crippen LogP contribution in [0.3, 0.4) is 0 Å². The maximum absolute atomic E-state index is 14.0. The van der Waals surface area contributed by atoms with Crippen molar-refractivity contribution in [2.45, 2.75) is 12.7 Å². The molecule has 0 fully saturated rings. The SMILES string of the molecule is O=C(NCC(O)CO)c1ccc2c(c1)C(=O)c1ccc(Nc3ccc(F)cc3F)cc1OC2. The van der Waals surface area contributed by atoms with Crippen LogP contribution in [0.1, 0.15) is 31.8 Å². The monoisotopic (exact) mass is 454 g/mol. The summed E-state index contributed by atoms with van der Waals surface area (Å²) >= 11 is 0. The first-order chi connectivity index (χ1) is 15.9. The number of aliphatic hydroxyl groups excluding tert-OH is 2.